The summed E-state index contributed by atoms with van der Waals surface area (Å²) < 4.78 is 46.8. The van der Waals surface area contributed by atoms with E-state index in [1.165, 1.54) is 22.8 Å². The quantitative estimate of drug-likeness (QED) is 0.675. The number of aryl methyl sites for hydroxylation is 1. The first-order valence-electron chi connectivity index (χ1n) is 7.15. The third kappa shape index (κ3) is 3.87. The van der Waals surface area contributed by atoms with Crippen molar-refractivity contribution in [1.29, 1.82) is 0 Å². The number of carbonyl (C=O) groups excluding carboxylic acids is 1. The van der Waals surface area contributed by atoms with Crippen LogP contribution in [-0.4, -0.2) is 26.9 Å². The Kier molecular flexibility index (Phi) is 4.30. The van der Waals surface area contributed by atoms with Crippen molar-refractivity contribution >= 4 is 11.6 Å². The number of benzene rings is 1. The summed E-state index contributed by atoms with van der Waals surface area (Å²) in [5, 5.41) is 4.17. The Balaban J connectivity index is 1.69. The molecule has 0 atom stereocenters. The van der Waals surface area contributed by atoms with E-state index in [1.807, 2.05) is 0 Å². The van der Waals surface area contributed by atoms with Crippen molar-refractivity contribution in [3.63, 3.8) is 0 Å². The number of ether oxygens (including phenoxy) is 2. The van der Waals surface area contributed by atoms with Crippen molar-refractivity contribution in [1.82, 2.24) is 14.6 Å². The molecule has 6 nitrogen and oxygen atoms in total. The predicted molar refractivity (Wildman–Crippen MR) is 80.0 cm³/mol. The van der Waals surface area contributed by atoms with Crippen LogP contribution >= 0.6 is 0 Å². The maximum Gasteiger partial charge on any atom is 0.573 e. The van der Waals surface area contributed by atoms with Crippen LogP contribution in [0.3, 0.4) is 0 Å². The first-order valence-corrected chi connectivity index (χ1v) is 7.15. The number of fused-ring (bicyclic) bond motifs is 1. The van der Waals surface area contributed by atoms with Crippen molar-refractivity contribution in [2.24, 2.45) is 0 Å². The molecule has 0 fully saturated rings. The van der Waals surface area contributed by atoms with Gasteiger partial charge in [0.05, 0.1) is 5.69 Å². The van der Waals surface area contributed by atoms with Gasteiger partial charge in [-0.2, -0.15) is 5.10 Å². The molecule has 2 heterocycles. The zero-order valence-electron chi connectivity index (χ0n) is 12.9. The summed E-state index contributed by atoms with van der Waals surface area (Å²) in [5.41, 5.74) is 1.61. The van der Waals surface area contributed by atoms with Gasteiger partial charge in [-0.3, -0.25) is 0 Å². The van der Waals surface area contributed by atoms with E-state index < -0.39 is 12.3 Å². The van der Waals surface area contributed by atoms with Crippen molar-refractivity contribution in [2.45, 2.75) is 19.9 Å². The molecule has 0 aliphatic carbocycles. The van der Waals surface area contributed by atoms with Crippen molar-refractivity contribution in [3.8, 4) is 5.75 Å². The molecule has 3 aromatic rings. The van der Waals surface area contributed by atoms with Crippen molar-refractivity contribution < 1.29 is 27.4 Å². The highest BCUT2D eigenvalue weighted by Crippen LogP contribution is 2.23. The average molecular weight is 351 g/mol. The van der Waals surface area contributed by atoms with Crippen LogP contribution in [0, 0.1) is 6.92 Å². The standard InChI is InChI=1S/C16H12F3N3O3/c1-10-13(14-20-7-2-8-22(14)21-10)15(23)24-9-11-3-5-12(6-4-11)25-16(17,18)19/h2-8H,9H2,1H3. The van der Waals surface area contributed by atoms with Gasteiger partial charge in [-0.1, -0.05) is 12.1 Å². The van der Waals surface area contributed by atoms with Gasteiger partial charge in [0, 0.05) is 12.4 Å². The summed E-state index contributed by atoms with van der Waals surface area (Å²) >= 11 is 0. The van der Waals surface area contributed by atoms with Crippen LogP contribution in [0.15, 0.2) is 42.7 Å². The summed E-state index contributed by atoms with van der Waals surface area (Å²) in [6.07, 6.45) is -1.56. The fourth-order valence-electron chi connectivity index (χ4n) is 2.24. The van der Waals surface area contributed by atoms with E-state index in [0.29, 0.717) is 16.9 Å². The van der Waals surface area contributed by atoms with Gasteiger partial charge < -0.3 is 9.47 Å². The third-order valence-electron chi connectivity index (χ3n) is 3.30. The average Bonchev–Trinajstić information content (AvgIpc) is 2.88. The fourth-order valence-corrected chi connectivity index (χ4v) is 2.24. The van der Waals surface area contributed by atoms with Crippen LogP contribution in [0.5, 0.6) is 5.75 Å². The molecule has 0 radical (unpaired) electrons. The van der Waals surface area contributed by atoms with Gasteiger partial charge in [0.1, 0.15) is 17.9 Å². The minimum atomic E-state index is -4.75. The van der Waals surface area contributed by atoms with Gasteiger partial charge in [0.15, 0.2) is 5.65 Å². The van der Waals surface area contributed by atoms with Gasteiger partial charge in [0.25, 0.3) is 0 Å². The van der Waals surface area contributed by atoms with E-state index in [4.69, 9.17) is 4.74 Å². The van der Waals surface area contributed by atoms with Crippen LogP contribution in [-0.2, 0) is 11.3 Å². The summed E-state index contributed by atoms with van der Waals surface area (Å²) in [6.45, 7) is 1.56. The van der Waals surface area contributed by atoms with Crippen molar-refractivity contribution in [3.05, 3.63) is 59.5 Å². The molecule has 2 aromatic heterocycles. The number of aromatic nitrogens is 3. The SMILES string of the molecule is Cc1nn2cccnc2c1C(=O)OCc1ccc(OC(F)(F)F)cc1. The summed E-state index contributed by atoms with van der Waals surface area (Å²) in [5.74, 6) is -0.952. The lowest BCUT2D eigenvalue weighted by molar-refractivity contribution is -0.274. The molecule has 0 aliphatic rings. The molecular formula is C16H12F3N3O3. The van der Waals surface area contributed by atoms with E-state index in [9.17, 15) is 18.0 Å². The maximum absolute atomic E-state index is 12.3. The summed E-state index contributed by atoms with van der Waals surface area (Å²) in [7, 11) is 0. The van der Waals surface area contributed by atoms with Crippen LogP contribution in [0.2, 0.25) is 0 Å². The first-order chi connectivity index (χ1) is 11.8. The Labute approximate surface area is 139 Å². The fraction of sp³-hybridized carbons (Fsp3) is 0.188. The molecule has 0 unspecified atom stereocenters. The maximum atomic E-state index is 12.3. The normalized spacial score (nSPS) is 11.5. The molecule has 0 spiro atoms. The summed E-state index contributed by atoms with van der Waals surface area (Å²) in [4.78, 5) is 16.4. The Bertz CT molecular complexity index is 904. The topological polar surface area (TPSA) is 65.7 Å². The number of alkyl halides is 3. The minimum Gasteiger partial charge on any atom is -0.457 e. The van der Waals surface area contributed by atoms with E-state index in [0.717, 1.165) is 12.1 Å². The van der Waals surface area contributed by atoms with Crippen molar-refractivity contribution in [2.75, 3.05) is 0 Å². The molecule has 9 heteroatoms. The lowest BCUT2D eigenvalue weighted by Crippen LogP contribution is -2.17. The molecule has 0 saturated heterocycles. The molecular weight excluding hydrogens is 339 g/mol. The molecule has 130 valence electrons. The molecule has 3 rings (SSSR count). The molecule has 0 N–H and O–H groups in total. The Hall–Kier alpha value is -3.10. The molecule has 0 saturated carbocycles. The number of rotatable bonds is 4. The van der Waals surface area contributed by atoms with Crippen LogP contribution in [0.4, 0.5) is 13.2 Å². The van der Waals surface area contributed by atoms with Crippen LogP contribution in [0.1, 0.15) is 21.6 Å². The Morgan fingerprint density at radius 3 is 2.64 bits per heavy atom. The smallest absolute Gasteiger partial charge is 0.457 e. The first kappa shape index (κ1) is 16.7. The number of hydrogen-bond donors (Lipinski definition) is 0. The lowest BCUT2D eigenvalue weighted by atomic mass is 10.2. The van der Waals surface area contributed by atoms with E-state index in [2.05, 4.69) is 14.8 Å². The second kappa shape index (κ2) is 6.42. The predicted octanol–water partition coefficient (Wildman–Crippen LogP) is 3.29. The van der Waals surface area contributed by atoms with Gasteiger partial charge in [0.2, 0.25) is 0 Å². The monoisotopic (exact) mass is 351 g/mol. The van der Waals surface area contributed by atoms with Crippen LogP contribution in [0.25, 0.3) is 5.65 Å². The minimum absolute atomic E-state index is 0.102. The van der Waals surface area contributed by atoms with Crippen LogP contribution < -0.4 is 4.74 Å². The van der Waals surface area contributed by atoms with Gasteiger partial charge in [-0.05, 0) is 30.7 Å². The second-order valence-corrected chi connectivity index (χ2v) is 5.12. The Morgan fingerprint density at radius 1 is 1.24 bits per heavy atom. The number of halogens is 3. The summed E-state index contributed by atoms with van der Waals surface area (Å²) in [6, 6.07) is 6.75. The van der Waals surface area contributed by atoms with E-state index >= 15 is 0 Å². The Morgan fingerprint density at radius 2 is 1.96 bits per heavy atom. The highest BCUT2D eigenvalue weighted by Gasteiger charge is 2.31. The number of hydrogen-bond acceptors (Lipinski definition) is 5. The second-order valence-electron chi connectivity index (χ2n) is 5.12. The molecule has 0 amide bonds. The van der Waals surface area contributed by atoms with Gasteiger partial charge in [-0.15, -0.1) is 13.2 Å². The number of carbonyl (C=O) groups is 1. The third-order valence-corrected chi connectivity index (χ3v) is 3.30. The van der Waals surface area contributed by atoms with E-state index in [1.54, 1.807) is 19.2 Å². The molecule has 0 bridgehead atoms. The highest BCUT2D eigenvalue weighted by molar-refractivity contribution is 5.97. The van der Waals surface area contributed by atoms with Gasteiger partial charge in [-0.25, -0.2) is 14.3 Å². The zero-order chi connectivity index (χ0) is 18.0. The molecule has 25 heavy (non-hydrogen) atoms. The van der Waals surface area contributed by atoms with Gasteiger partial charge >= 0.3 is 12.3 Å². The molecule has 0 aliphatic heterocycles. The number of esters is 1. The highest BCUT2D eigenvalue weighted by atomic mass is 19.4. The largest absolute Gasteiger partial charge is 0.573 e. The number of nitrogens with zero attached hydrogens (tertiary/aromatic N) is 3. The lowest BCUT2D eigenvalue weighted by Gasteiger charge is -2.09. The van der Waals surface area contributed by atoms with E-state index in [-0.39, 0.29) is 17.9 Å². The zero-order valence-corrected chi connectivity index (χ0v) is 12.9. The molecule has 1 aromatic carbocycles.